The molecular formula is C14H10BrClFNO2. The fraction of sp³-hybridized carbons (Fsp3) is 0.143. The Labute approximate surface area is 128 Å². The normalized spacial score (nSPS) is 12.2. The molecule has 104 valence electrons. The van der Waals surface area contributed by atoms with Gasteiger partial charge in [0.25, 0.3) is 5.69 Å². The van der Waals surface area contributed by atoms with Crippen molar-refractivity contribution in [3.8, 4) is 0 Å². The van der Waals surface area contributed by atoms with Crippen LogP contribution in [0.4, 0.5) is 10.1 Å². The smallest absolute Gasteiger partial charge is 0.258 e. The fourth-order valence-corrected chi connectivity index (χ4v) is 2.35. The SMILES string of the molecule is O=[N+]([O-])c1ccc(CC(Cl)c2ccc(Br)c(F)c2)cc1. The van der Waals surface area contributed by atoms with E-state index in [1.807, 2.05) is 0 Å². The molecule has 0 N–H and O–H groups in total. The van der Waals surface area contributed by atoms with Crippen LogP contribution >= 0.6 is 27.5 Å². The number of non-ortho nitro benzene ring substituents is 1. The minimum atomic E-state index is -0.452. The van der Waals surface area contributed by atoms with Gasteiger partial charge < -0.3 is 0 Å². The van der Waals surface area contributed by atoms with Crippen molar-refractivity contribution in [1.82, 2.24) is 0 Å². The van der Waals surface area contributed by atoms with Crippen LogP contribution in [-0.2, 0) is 6.42 Å². The topological polar surface area (TPSA) is 43.1 Å². The van der Waals surface area contributed by atoms with Crippen molar-refractivity contribution in [2.45, 2.75) is 11.8 Å². The number of halogens is 3. The zero-order valence-corrected chi connectivity index (χ0v) is 12.6. The van der Waals surface area contributed by atoms with E-state index in [2.05, 4.69) is 15.9 Å². The molecule has 0 radical (unpaired) electrons. The number of alkyl halides is 1. The summed E-state index contributed by atoms with van der Waals surface area (Å²) >= 11 is 9.34. The van der Waals surface area contributed by atoms with Gasteiger partial charge in [0.05, 0.1) is 14.8 Å². The summed E-state index contributed by atoms with van der Waals surface area (Å²) in [7, 11) is 0. The van der Waals surface area contributed by atoms with E-state index in [9.17, 15) is 14.5 Å². The molecule has 0 saturated carbocycles. The maximum atomic E-state index is 13.4. The number of hydrogen-bond acceptors (Lipinski definition) is 2. The van der Waals surface area contributed by atoms with Crippen molar-refractivity contribution >= 4 is 33.2 Å². The van der Waals surface area contributed by atoms with Crippen LogP contribution in [0.5, 0.6) is 0 Å². The number of nitro benzene ring substituents is 1. The Bertz CT molecular complexity index is 634. The zero-order valence-electron chi connectivity index (χ0n) is 10.2. The van der Waals surface area contributed by atoms with Crippen molar-refractivity contribution in [3.63, 3.8) is 0 Å². The highest BCUT2D eigenvalue weighted by molar-refractivity contribution is 9.10. The van der Waals surface area contributed by atoms with Crippen LogP contribution in [0.15, 0.2) is 46.9 Å². The minimum absolute atomic E-state index is 0.0366. The summed E-state index contributed by atoms with van der Waals surface area (Å²) in [4.78, 5) is 10.1. The second-order valence-corrected chi connectivity index (χ2v) is 5.65. The lowest BCUT2D eigenvalue weighted by molar-refractivity contribution is -0.384. The molecule has 0 aliphatic rings. The summed E-state index contributed by atoms with van der Waals surface area (Å²) in [6.07, 6.45) is 0.473. The van der Waals surface area contributed by atoms with Gasteiger partial charge in [-0.05, 0) is 45.6 Å². The van der Waals surface area contributed by atoms with Gasteiger partial charge >= 0.3 is 0 Å². The highest BCUT2D eigenvalue weighted by Crippen LogP contribution is 2.28. The molecule has 6 heteroatoms. The lowest BCUT2D eigenvalue weighted by atomic mass is 10.0. The first kappa shape index (κ1) is 14.9. The number of nitro groups is 1. The first-order valence-corrected chi connectivity index (χ1v) is 7.02. The average molecular weight is 359 g/mol. The van der Waals surface area contributed by atoms with Gasteiger partial charge in [0, 0.05) is 12.1 Å². The summed E-state index contributed by atoms with van der Waals surface area (Å²) in [5, 5.41) is 10.2. The van der Waals surface area contributed by atoms with Gasteiger partial charge in [-0.25, -0.2) is 4.39 Å². The largest absolute Gasteiger partial charge is 0.269 e. The Morgan fingerprint density at radius 1 is 1.25 bits per heavy atom. The third-order valence-corrected chi connectivity index (χ3v) is 3.92. The number of rotatable bonds is 4. The standard InChI is InChI=1S/C14H10BrClFNO2/c15-12-6-3-10(8-14(12)17)13(16)7-9-1-4-11(5-2-9)18(19)20/h1-6,8,13H,7H2. The fourth-order valence-electron chi connectivity index (χ4n) is 1.79. The van der Waals surface area contributed by atoms with E-state index < -0.39 is 4.92 Å². The van der Waals surface area contributed by atoms with Crippen LogP contribution in [0, 0.1) is 15.9 Å². The lowest BCUT2D eigenvalue weighted by Crippen LogP contribution is -1.97. The molecular weight excluding hydrogens is 349 g/mol. The molecule has 20 heavy (non-hydrogen) atoms. The molecule has 0 saturated heterocycles. The molecule has 1 unspecified atom stereocenters. The van der Waals surface area contributed by atoms with Crippen LogP contribution in [0.2, 0.25) is 0 Å². The average Bonchev–Trinajstić information content (AvgIpc) is 2.42. The predicted octanol–water partition coefficient (Wildman–Crippen LogP) is 5.02. The van der Waals surface area contributed by atoms with E-state index in [0.29, 0.717) is 16.5 Å². The number of hydrogen-bond donors (Lipinski definition) is 0. The van der Waals surface area contributed by atoms with Gasteiger partial charge in [-0.15, -0.1) is 11.6 Å². The second-order valence-electron chi connectivity index (χ2n) is 4.27. The van der Waals surface area contributed by atoms with Crippen LogP contribution < -0.4 is 0 Å². The molecule has 0 amide bonds. The van der Waals surface area contributed by atoms with Gasteiger partial charge in [-0.3, -0.25) is 10.1 Å². The van der Waals surface area contributed by atoms with Gasteiger partial charge in [0.1, 0.15) is 5.82 Å². The van der Waals surface area contributed by atoms with Crippen LogP contribution in [0.3, 0.4) is 0 Å². The monoisotopic (exact) mass is 357 g/mol. The highest BCUT2D eigenvalue weighted by Gasteiger charge is 2.12. The highest BCUT2D eigenvalue weighted by atomic mass is 79.9. The van der Waals surface area contributed by atoms with Crippen LogP contribution in [0.1, 0.15) is 16.5 Å². The van der Waals surface area contributed by atoms with Gasteiger partial charge in [-0.1, -0.05) is 18.2 Å². The summed E-state index contributed by atoms with van der Waals surface area (Å²) in [6.45, 7) is 0. The summed E-state index contributed by atoms with van der Waals surface area (Å²) < 4.78 is 13.8. The molecule has 0 heterocycles. The molecule has 0 spiro atoms. The van der Waals surface area contributed by atoms with Gasteiger partial charge in [0.15, 0.2) is 0 Å². The van der Waals surface area contributed by atoms with Crippen molar-refractivity contribution in [2.24, 2.45) is 0 Å². The van der Waals surface area contributed by atoms with Gasteiger partial charge in [0.2, 0.25) is 0 Å². The van der Waals surface area contributed by atoms with E-state index in [-0.39, 0.29) is 16.9 Å². The first-order chi connectivity index (χ1) is 9.47. The quantitative estimate of drug-likeness (QED) is 0.437. The van der Waals surface area contributed by atoms with Crippen molar-refractivity contribution in [1.29, 1.82) is 0 Å². The molecule has 0 fully saturated rings. The Morgan fingerprint density at radius 2 is 1.90 bits per heavy atom. The third-order valence-electron chi connectivity index (χ3n) is 2.87. The maximum Gasteiger partial charge on any atom is 0.269 e. The molecule has 3 nitrogen and oxygen atoms in total. The summed E-state index contributed by atoms with van der Waals surface area (Å²) in [5.74, 6) is -0.364. The van der Waals surface area contributed by atoms with Crippen molar-refractivity contribution < 1.29 is 9.31 Å². The zero-order chi connectivity index (χ0) is 14.7. The second kappa shape index (κ2) is 6.33. The van der Waals surface area contributed by atoms with Crippen molar-refractivity contribution in [2.75, 3.05) is 0 Å². The molecule has 0 aliphatic heterocycles. The molecule has 0 aromatic heterocycles. The molecule has 0 bridgehead atoms. The Kier molecular flexibility index (Phi) is 4.73. The lowest BCUT2D eigenvalue weighted by Gasteiger charge is -2.10. The third kappa shape index (κ3) is 3.55. The number of benzene rings is 2. The predicted molar refractivity (Wildman–Crippen MR) is 79.5 cm³/mol. The molecule has 2 aromatic rings. The minimum Gasteiger partial charge on any atom is -0.258 e. The van der Waals surface area contributed by atoms with E-state index >= 15 is 0 Å². The summed E-state index contributed by atoms with van der Waals surface area (Å²) in [5.41, 5.74) is 1.57. The molecule has 2 aromatic carbocycles. The maximum absolute atomic E-state index is 13.4. The number of nitrogens with zero attached hydrogens (tertiary/aromatic N) is 1. The summed E-state index contributed by atoms with van der Waals surface area (Å²) in [6, 6.07) is 10.9. The van der Waals surface area contributed by atoms with E-state index in [1.54, 1.807) is 24.3 Å². The van der Waals surface area contributed by atoms with E-state index in [0.717, 1.165) is 5.56 Å². The molecule has 0 aliphatic carbocycles. The van der Waals surface area contributed by atoms with Crippen LogP contribution in [-0.4, -0.2) is 4.92 Å². The Balaban J connectivity index is 2.12. The van der Waals surface area contributed by atoms with E-state index in [4.69, 9.17) is 11.6 Å². The van der Waals surface area contributed by atoms with Gasteiger partial charge in [-0.2, -0.15) is 0 Å². The van der Waals surface area contributed by atoms with E-state index in [1.165, 1.54) is 18.2 Å². The van der Waals surface area contributed by atoms with Crippen LogP contribution in [0.25, 0.3) is 0 Å². The first-order valence-electron chi connectivity index (χ1n) is 5.79. The molecule has 1 atom stereocenters. The van der Waals surface area contributed by atoms with Crippen molar-refractivity contribution in [3.05, 3.63) is 74.0 Å². The Morgan fingerprint density at radius 3 is 2.45 bits per heavy atom. The Hall–Kier alpha value is -1.46. The molecule has 2 rings (SSSR count).